The molecule has 1 aliphatic heterocycles. The Hall–Kier alpha value is -2.37. The van der Waals surface area contributed by atoms with E-state index in [1.54, 1.807) is 7.11 Å². The Morgan fingerprint density at radius 2 is 2.14 bits per heavy atom. The highest BCUT2D eigenvalue weighted by Gasteiger charge is 2.33. The zero-order chi connectivity index (χ0) is 15.5. The third-order valence-corrected chi connectivity index (χ3v) is 3.95. The van der Waals surface area contributed by atoms with Crippen LogP contribution in [0.1, 0.15) is 36.5 Å². The molecule has 0 bridgehead atoms. The maximum Gasteiger partial charge on any atom is 0.232 e. The summed E-state index contributed by atoms with van der Waals surface area (Å²) in [6.45, 7) is 3.37. The lowest BCUT2D eigenvalue weighted by molar-refractivity contribution is -0.127. The fourth-order valence-corrected chi connectivity index (χ4v) is 2.67. The van der Waals surface area contributed by atoms with Gasteiger partial charge in [0.15, 0.2) is 5.82 Å². The molecule has 116 valence electrons. The second-order valence-corrected chi connectivity index (χ2v) is 5.41. The first-order chi connectivity index (χ1) is 10.7. The van der Waals surface area contributed by atoms with Gasteiger partial charge in [-0.2, -0.15) is 4.98 Å². The van der Waals surface area contributed by atoms with Gasteiger partial charge >= 0.3 is 0 Å². The minimum atomic E-state index is 0.0181. The van der Waals surface area contributed by atoms with Gasteiger partial charge < -0.3 is 14.2 Å². The molecule has 1 aliphatic rings. The summed E-state index contributed by atoms with van der Waals surface area (Å²) >= 11 is 0. The Morgan fingerprint density at radius 1 is 1.36 bits per heavy atom. The molecule has 2 aromatic rings. The van der Waals surface area contributed by atoms with Crippen molar-refractivity contribution in [3.63, 3.8) is 0 Å². The fourth-order valence-electron chi connectivity index (χ4n) is 2.67. The van der Waals surface area contributed by atoms with Crippen LogP contribution in [0.25, 0.3) is 0 Å². The molecule has 2 heterocycles. The van der Waals surface area contributed by atoms with Crippen LogP contribution in [0.5, 0.6) is 5.75 Å². The van der Waals surface area contributed by atoms with Crippen molar-refractivity contribution in [2.24, 2.45) is 0 Å². The zero-order valence-corrected chi connectivity index (χ0v) is 12.8. The minimum absolute atomic E-state index is 0.0181. The number of carbonyl (C=O) groups excluding carboxylic acids is 1. The second kappa shape index (κ2) is 6.17. The Kier molecular flexibility index (Phi) is 4.09. The van der Waals surface area contributed by atoms with E-state index in [2.05, 4.69) is 10.1 Å². The lowest BCUT2D eigenvalue weighted by atomic mass is 10.1. The number of likely N-dealkylation sites (N-methyl/N-ethyl adjacent to an activating group) is 1. The van der Waals surface area contributed by atoms with Crippen LogP contribution in [0, 0.1) is 0 Å². The number of likely N-dealkylation sites (tertiary alicyclic amines) is 1. The average molecular weight is 301 g/mol. The predicted molar refractivity (Wildman–Crippen MR) is 79.7 cm³/mol. The summed E-state index contributed by atoms with van der Waals surface area (Å²) in [5, 5.41) is 4.03. The summed E-state index contributed by atoms with van der Waals surface area (Å²) in [5.74, 6) is 2.20. The van der Waals surface area contributed by atoms with Gasteiger partial charge in [0.05, 0.1) is 13.0 Å². The van der Waals surface area contributed by atoms with Crippen LogP contribution in [0.4, 0.5) is 0 Å². The Labute approximate surface area is 129 Å². The largest absolute Gasteiger partial charge is 0.497 e. The van der Waals surface area contributed by atoms with Gasteiger partial charge in [-0.05, 0) is 24.6 Å². The van der Waals surface area contributed by atoms with Crippen LogP contribution >= 0.6 is 0 Å². The SMILES string of the molecule is CCN1CC(c2nc(Cc3ccc(OC)cc3)no2)CC1=O. The number of methoxy groups -OCH3 is 1. The van der Waals surface area contributed by atoms with E-state index in [0.717, 1.165) is 17.9 Å². The summed E-state index contributed by atoms with van der Waals surface area (Å²) < 4.78 is 10.5. The number of amides is 1. The van der Waals surface area contributed by atoms with E-state index >= 15 is 0 Å². The highest BCUT2D eigenvalue weighted by atomic mass is 16.5. The van der Waals surface area contributed by atoms with Crippen LogP contribution in [0.3, 0.4) is 0 Å². The van der Waals surface area contributed by atoms with E-state index in [0.29, 0.717) is 31.1 Å². The lowest BCUT2D eigenvalue weighted by Gasteiger charge is -2.11. The Morgan fingerprint density at radius 3 is 2.77 bits per heavy atom. The van der Waals surface area contributed by atoms with Crippen LogP contribution in [0.2, 0.25) is 0 Å². The summed E-state index contributed by atoms with van der Waals surface area (Å²) in [6.07, 6.45) is 1.06. The van der Waals surface area contributed by atoms with Crippen molar-refractivity contribution in [2.45, 2.75) is 25.7 Å². The molecule has 3 rings (SSSR count). The van der Waals surface area contributed by atoms with Crippen molar-refractivity contribution in [3.8, 4) is 5.75 Å². The van der Waals surface area contributed by atoms with Crippen molar-refractivity contribution in [1.29, 1.82) is 0 Å². The molecule has 1 aromatic carbocycles. The normalized spacial score (nSPS) is 18.0. The third kappa shape index (κ3) is 2.95. The smallest absolute Gasteiger partial charge is 0.232 e. The summed E-state index contributed by atoms with van der Waals surface area (Å²) in [6, 6.07) is 7.77. The van der Waals surface area contributed by atoms with E-state index < -0.39 is 0 Å². The molecular weight excluding hydrogens is 282 g/mol. The molecule has 0 saturated carbocycles. The quantitative estimate of drug-likeness (QED) is 0.845. The van der Waals surface area contributed by atoms with Crippen molar-refractivity contribution in [1.82, 2.24) is 15.0 Å². The number of hydrogen-bond acceptors (Lipinski definition) is 5. The van der Waals surface area contributed by atoms with Gasteiger partial charge in [0.25, 0.3) is 0 Å². The molecule has 1 aromatic heterocycles. The molecule has 0 N–H and O–H groups in total. The molecule has 0 radical (unpaired) electrons. The van der Waals surface area contributed by atoms with Gasteiger partial charge in [0, 0.05) is 25.9 Å². The summed E-state index contributed by atoms with van der Waals surface area (Å²) in [4.78, 5) is 18.0. The van der Waals surface area contributed by atoms with E-state index in [4.69, 9.17) is 9.26 Å². The topological polar surface area (TPSA) is 68.5 Å². The molecule has 1 atom stereocenters. The van der Waals surface area contributed by atoms with Gasteiger partial charge in [0.1, 0.15) is 5.75 Å². The molecule has 0 spiro atoms. The number of ether oxygens (including phenoxy) is 1. The maximum absolute atomic E-state index is 11.8. The molecular formula is C16H19N3O3. The van der Waals surface area contributed by atoms with Crippen molar-refractivity contribution in [3.05, 3.63) is 41.5 Å². The summed E-state index contributed by atoms with van der Waals surface area (Å²) in [7, 11) is 1.64. The highest BCUT2D eigenvalue weighted by molar-refractivity contribution is 5.79. The van der Waals surface area contributed by atoms with E-state index in [1.165, 1.54) is 0 Å². The Balaban J connectivity index is 1.67. The molecule has 1 amide bonds. The number of aromatic nitrogens is 2. The molecule has 1 saturated heterocycles. The predicted octanol–water partition coefficient (Wildman–Crippen LogP) is 2.00. The number of rotatable bonds is 5. The van der Waals surface area contributed by atoms with Crippen molar-refractivity contribution < 1.29 is 14.1 Å². The number of benzene rings is 1. The summed E-state index contributed by atoms with van der Waals surface area (Å²) in [5.41, 5.74) is 1.09. The van der Waals surface area contributed by atoms with Crippen LogP contribution in [-0.2, 0) is 11.2 Å². The molecule has 0 aliphatic carbocycles. The molecule has 1 fully saturated rings. The molecule has 6 nitrogen and oxygen atoms in total. The number of hydrogen-bond donors (Lipinski definition) is 0. The third-order valence-electron chi connectivity index (χ3n) is 3.95. The first kappa shape index (κ1) is 14.6. The van der Waals surface area contributed by atoms with E-state index in [1.807, 2.05) is 36.1 Å². The van der Waals surface area contributed by atoms with Crippen LogP contribution < -0.4 is 4.74 Å². The van der Waals surface area contributed by atoms with Crippen molar-refractivity contribution >= 4 is 5.91 Å². The minimum Gasteiger partial charge on any atom is -0.497 e. The van der Waals surface area contributed by atoms with E-state index in [9.17, 15) is 4.79 Å². The fraction of sp³-hybridized carbons (Fsp3) is 0.438. The molecule has 1 unspecified atom stereocenters. The first-order valence-corrected chi connectivity index (χ1v) is 7.42. The van der Waals surface area contributed by atoms with Gasteiger partial charge in [0.2, 0.25) is 11.8 Å². The maximum atomic E-state index is 11.8. The molecule has 22 heavy (non-hydrogen) atoms. The van der Waals surface area contributed by atoms with Crippen LogP contribution in [-0.4, -0.2) is 41.1 Å². The Bertz CT molecular complexity index is 651. The number of carbonyl (C=O) groups is 1. The lowest BCUT2D eigenvalue weighted by Crippen LogP contribution is -2.24. The van der Waals surface area contributed by atoms with Crippen LogP contribution in [0.15, 0.2) is 28.8 Å². The van der Waals surface area contributed by atoms with Crippen molar-refractivity contribution in [2.75, 3.05) is 20.2 Å². The van der Waals surface area contributed by atoms with Gasteiger partial charge in [-0.25, -0.2) is 0 Å². The average Bonchev–Trinajstić information content (AvgIpc) is 3.14. The highest BCUT2D eigenvalue weighted by Crippen LogP contribution is 2.27. The first-order valence-electron chi connectivity index (χ1n) is 7.42. The van der Waals surface area contributed by atoms with E-state index in [-0.39, 0.29) is 11.8 Å². The monoisotopic (exact) mass is 301 g/mol. The number of nitrogens with zero attached hydrogens (tertiary/aromatic N) is 3. The second-order valence-electron chi connectivity index (χ2n) is 5.41. The standard InChI is InChI=1S/C16H19N3O3/c1-3-19-10-12(9-15(19)20)16-17-14(18-22-16)8-11-4-6-13(21-2)7-5-11/h4-7,12H,3,8-10H2,1-2H3. The van der Waals surface area contributed by atoms with Gasteiger partial charge in [-0.1, -0.05) is 17.3 Å². The van der Waals surface area contributed by atoms with Gasteiger partial charge in [-0.15, -0.1) is 0 Å². The zero-order valence-electron chi connectivity index (χ0n) is 12.8. The molecule has 6 heteroatoms. The van der Waals surface area contributed by atoms with Gasteiger partial charge in [-0.3, -0.25) is 4.79 Å².